The van der Waals surface area contributed by atoms with E-state index in [4.69, 9.17) is 9.15 Å². The lowest BCUT2D eigenvalue weighted by Gasteiger charge is -2.02. The largest absolute Gasteiger partial charge is 0.494 e. The Balaban J connectivity index is 2.19. The number of hydrogen-bond donors (Lipinski definition) is 0. The molecule has 0 aliphatic carbocycles. The Morgan fingerprint density at radius 1 is 1.28 bits per heavy atom. The summed E-state index contributed by atoms with van der Waals surface area (Å²) in [6, 6.07) is 3.74. The van der Waals surface area contributed by atoms with Crippen LogP contribution in [-0.2, 0) is 0 Å². The predicted molar refractivity (Wildman–Crippen MR) is 66.3 cm³/mol. The summed E-state index contributed by atoms with van der Waals surface area (Å²) < 4.78 is 10.9. The lowest BCUT2D eigenvalue weighted by Crippen LogP contribution is -1.88. The van der Waals surface area contributed by atoms with Crippen LogP contribution in [0.25, 0.3) is 22.7 Å². The highest BCUT2D eigenvalue weighted by atomic mass is 16.5. The molecule has 0 aliphatic heterocycles. The van der Waals surface area contributed by atoms with Crippen molar-refractivity contribution in [3.05, 3.63) is 36.3 Å². The Morgan fingerprint density at radius 3 is 3.00 bits per heavy atom. The molecule has 3 heterocycles. The normalized spacial score (nSPS) is 10.8. The fourth-order valence-electron chi connectivity index (χ4n) is 1.76. The molecule has 0 aromatic carbocycles. The number of ether oxygens (including phenoxy) is 1. The Hall–Kier alpha value is -2.43. The van der Waals surface area contributed by atoms with E-state index < -0.39 is 0 Å². The number of methoxy groups -OCH3 is 1. The molecule has 18 heavy (non-hydrogen) atoms. The van der Waals surface area contributed by atoms with Gasteiger partial charge in [0.15, 0.2) is 0 Å². The average Bonchev–Trinajstić information content (AvgIpc) is 2.81. The molecule has 0 unspecified atom stereocenters. The molecule has 0 saturated carbocycles. The molecule has 0 fully saturated rings. The standard InChI is InChI=1S/C13H11N3O2/c1-8-5-10-13(15-6-8)18-12(16-10)9-3-4-14-7-11(9)17-2/h3-7H,1-2H3. The van der Waals surface area contributed by atoms with Gasteiger partial charge in [-0.25, -0.2) is 9.97 Å². The maximum absolute atomic E-state index is 5.62. The predicted octanol–water partition coefficient (Wildman–Crippen LogP) is 2.60. The first-order valence-electron chi connectivity index (χ1n) is 5.49. The summed E-state index contributed by atoms with van der Waals surface area (Å²) in [6.45, 7) is 1.97. The number of nitrogens with zero attached hydrogens (tertiary/aromatic N) is 3. The zero-order chi connectivity index (χ0) is 12.5. The summed E-state index contributed by atoms with van der Waals surface area (Å²) in [6.07, 6.45) is 5.05. The molecule has 0 N–H and O–H groups in total. The minimum Gasteiger partial charge on any atom is -0.494 e. The first-order chi connectivity index (χ1) is 8.78. The zero-order valence-corrected chi connectivity index (χ0v) is 10.0. The van der Waals surface area contributed by atoms with Gasteiger partial charge in [-0.1, -0.05) is 0 Å². The third kappa shape index (κ3) is 1.69. The van der Waals surface area contributed by atoms with E-state index in [2.05, 4.69) is 15.0 Å². The number of rotatable bonds is 2. The maximum Gasteiger partial charge on any atom is 0.247 e. The van der Waals surface area contributed by atoms with Gasteiger partial charge in [-0.05, 0) is 24.6 Å². The summed E-state index contributed by atoms with van der Waals surface area (Å²) in [4.78, 5) is 12.6. The smallest absolute Gasteiger partial charge is 0.247 e. The van der Waals surface area contributed by atoms with E-state index in [9.17, 15) is 0 Å². The first-order valence-corrected chi connectivity index (χ1v) is 5.49. The molecule has 3 rings (SSSR count). The number of oxazole rings is 1. The van der Waals surface area contributed by atoms with Crippen LogP contribution in [0.5, 0.6) is 5.75 Å². The molecule has 90 valence electrons. The molecule has 0 radical (unpaired) electrons. The summed E-state index contributed by atoms with van der Waals surface area (Å²) >= 11 is 0. The quantitative estimate of drug-likeness (QED) is 0.690. The van der Waals surface area contributed by atoms with Crippen molar-refractivity contribution in [1.82, 2.24) is 15.0 Å². The minimum absolute atomic E-state index is 0.488. The van der Waals surface area contributed by atoms with E-state index in [1.807, 2.05) is 13.0 Å². The van der Waals surface area contributed by atoms with Gasteiger partial charge in [0, 0.05) is 12.4 Å². The van der Waals surface area contributed by atoms with Crippen LogP contribution >= 0.6 is 0 Å². The third-order valence-corrected chi connectivity index (χ3v) is 2.62. The molecule has 0 aliphatic rings. The number of fused-ring (bicyclic) bond motifs is 1. The van der Waals surface area contributed by atoms with E-state index in [-0.39, 0.29) is 0 Å². The molecule has 3 aromatic rings. The van der Waals surface area contributed by atoms with Gasteiger partial charge in [-0.3, -0.25) is 4.98 Å². The van der Waals surface area contributed by atoms with Crippen LogP contribution < -0.4 is 4.74 Å². The summed E-state index contributed by atoms with van der Waals surface area (Å²) in [5, 5.41) is 0. The molecule has 0 bridgehead atoms. The van der Waals surface area contributed by atoms with Crippen LogP contribution in [0, 0.1) is 6.92 Å². The lowest BCUT2D eigenvalue weighted by atomic mass is 10.2. The summed E-state index contributed by atoms with van der Waals surface area (Å²) in [5.41, 5.74) is 3.07. The van der Waals surface area contributed by atoms with Gasteiger partial charge in [-0.2, -0.15) is 0 Å². The van der Waals surface area contributed by atoms with Gasteiger partial charge >= 0.3 is 0 Å². The Labute approximate surface area is 103 Å². The van der Waals surface area contributed by atoms with Gasteiger partial charge in [0.2, 0.25) is 11.6 Å². The number of hydrogen-bond acceptors (Lipinski definition) is 5. The van der Waals surface area contributed by atoms with Crippen LogP contribution in [0.1, 0.15) is 5.56 Å². The van der Waals surface area contributed by atoms with Crippen LogP contribution in [0.4, 0.5) is 0 Å². The molecule has 0 spiro atoms. The second-order valence-electron chi connectivity index (χ2n) is 3.93. The van der Waals surface area contributed by atoms with E-state index >= 15 is 0 Å². The van der Waals surface area contributed by atoms with Crippen molar-refractivity contribution in [2.45, 2.75) is 6.92 Å². The highest BCUT2D eigenvalue weighted by molar-refractivity contribution is 5.74. The van der Waals surface area contributed by atoms with Gasteiger partial charge in [-0.15, -0.1) is 0 Å². The van der Waals surface area contributed by atoms with Gasteiger partial charge < -0.3 is 9.15 Å². The molecule has 0 amide bonds. The molecule has 0 saturated heterocycles. The Bertz CT molecular complexity index is 706. The highest BCUT2D eigenvalue weighted by Crippen LogP contribution is 2.30. The second-order valence-corrected chi connectivity index (χ2v) is 3.93. The molecule has 5 nitrogen and oxygen atoms in total. The third-order valence-electron chi connectivity index (χ3n) is 2.62. The average molecular weight is 241 g/mol. The van der Waals surface area contributed by atoms with Crippen LogP contribution in [0.2, 0.25) is 0 Å². The van der Waals surface area contributed by atoms with E-state index in [0.717, 1.165) is 16.6 Å². The number of aromatic nitrogens is 3. The molecular weight excluding hydrogens is 230 g/mol. The van der Waals surface area contributed by atoms with Gasteiger partial charge in [0.25, 0.3) is 0 Å². The first kappa shape index (κ1) is 10.7. The van der Waals surface area contributed by atoms with Crippen molar-refractivity contribution < 1.29 is 9.15 Å². The van der Waals surface area contributed by atoms with Crippen LogP contribution in [0.15, 0.2) is 35.1 Å². The van der Waals surface area contributed by atoms with Gasteiger partial charge in [0.05, 0.1) is 18.9 Å². The number of pyridine rings is 2. The summed E-state index contributed by atoms with van der Waals surface area (Å²) in [7, 11) is 1.59. The van der Waals surface area contributed by atoms with Crippen molar-refractivity contribution in [2.24, 2.45) is 0 Å². The van der Waals surface area contributed by atoms with Crippen molar-refractivity contribution in [3.63, 3.8) is 0 Å². The minimum atomic E-state index is 0.488. The van der Waals surface area contributed by atoms with Crippen molar-refractivity contribution in [3.8, 4) is 17.2 Å². The van der Waals surface area contributed by atoms with E-state index in [0.29, 0.717) is 17.4 Å². The number of aryl methyl sites for hydroxylation is 1. The molecular formula is C13H11N3O2. The monoisotopic (exact) mass is 241 g/mol. The van der Waals surface area contributed by atoms with Crippen LogP contribution in [0.3, 0.4) is 0 Å². The Kier molecular flexibility index (Phi) is 2.44. The van der Waals surface area contributed by atoms with Crippen LogP contribution in [-0.4, -0.2) is 22.1 Å². The molecule has 0 atom stereocenters. The molecule has 3 aromatic heterocycles. The topological polar surface area (TPSA) is 61.0 Å². The van der Waals surface area contributed by atoms with Crippen molar-refractivity contribution in [2.75, 3.05) is 7.11 Å². The Morgan fingerprint density at radius 2 is 2.17 bits per heavy atom. The van der Waals surface area contributed by atoms with Crippen molar-refractivity contribution in [1.29, 1.82) is 0 Å². The fraction of sp³-hybridized carbons (Fsp3) is 0.154. The fourth-order valence-corrected chi connectivity index (χ4v) is 1.76. The maximum atomic E-state index is 5.62. The highest BCUT2D eigenvalue weighted by Gasteiger charge is 2.13. The molecule has 5 heteroatoms. The summed E-state index contributed by atoms with van der Waals surface area (Å²) in [5.74, 6) is 1.11. The van der Waals surface area contributed by atoms with Crippen molar-refractivity contribution >= 4 is 11.2 Å². The lowest BCUT2D eigenvalue weighted by molar-refractivity contribution is 0.412. The van der Waals surface area contributed by atoms with E-state index in [1.54, 1.807) is 31.8 Å². The van der Waals surface area contributed by atoms with Gasteiger partial charge in [0.1, 0.15) is 11.3 Å². The zero-order valence-electron chi connectivity index (χ0n) is 10.0. The SMILES string of the molecule is COc1cnccc1-c1nc2cc(C)cnc2o1. The van der Waals surface area contributed by atoms with E-state index in [1.165, 1.54) is 0 Å². The second kappa shape index (κ2) is 4.10.